The van der Waals surface area contributed by atoms with Crippen molar-refractivity contribution in [1.82, 2.24) is 5.32 Å². The predicted molar refractivity (Wildman–Crippen MR) is 110 cm³/mol. The molecule has 26 heavy (non-hydrogen) atoms. The highest BCUT2D eigenvalue weighted by atomic mass is 35.5. The first-order chi connectivity index (χ1) is 12.3. The SMILES string of the molecule is CCC[C@H]1[C@@H](c2ccc(Cl)cc2)N[C@H](c2ccc(Cl)cc2)[C@H](C)[C@@]1(C)O. The van der Waals surface area contributed by atoms with E-state index >= 15 is 0 Å². The number of nitrogens with one attached hydrogen (secondary N) is 1. The molecule has 0 unspecified atom stereocenters. The van der Waals surface area contributed by atoms with Crippen LogP contribution in [0, 0.1) is 11.8 Å². The van der Waals surface area contributed by atoms with E-state index in [-0.39, 0.29) is 23.9 Å². The van der Waals surface area contributed by atoms with Crippen molar-refractivity contribution in [3.05, 3.63) is 69.7 Å². The molecule has 4 heteroatoms. The lowest BCUT2D eigenvalue weighted by molar-refractivity contribution is -0.105. The van der Waals surface area contributed by atoms with Gasteiger partial charge in [0.2, 0.25) is 0 Å². The van der Waals surface area contributed by atoms with Crippen LogP contribution in [0.25, 0.3) is 0 Å². The second kappa shape index (κ2) is 7.90. The summed E-state index contributed by atoms with van der Waals surface area (Å²) in [7, 11) is 0. The Morgan fingerprint density at radius 1 is 0.923 bits per heavy atom. The zero-order chi connectivity index (χ0) is 18.9. The van der Waals surface area contributed by atoms with Crippen molar-refractivity contribution in [2.75, 3.05) is 0 Å². The Balaban J connectivity index is 2.01. The van der Waals surface area contributed by atoms with Gasteiger partial charge in [-0.1, -0.05) is 67.7 Å². The van der Waals surface area contributed by atoms with E-state index in [1.165, 1.54) is 5.56 Å². The minimum absolute atomic E-state index is 0.0519. The van der Waals surface area contributed by atoms with E-state index in [2.05, 4.69) is 31.3 Å². The van der Waals surface area contributed by atoms with E-state index in [4.69, 9.17) is 23.2 Å². The molecule has 2 aromatic rings. The maximum absolute atomic E-state index is 11.5. The fourth-order valence-corrected chi connectivity index (χ4v) is 4.54. The Bertz CT molecular complexity index is 727. The molecule has 0 spiro atoms. The highest BCUT2D eigenvalue weighted by molar-refractivity contribution is 6.30. The Kier molecular flexibility index (Phi) is 5.98. The van der Waals surface area contributed by atoms with E-state index in [1.807, 2.05) is 43.3 Å². The predicted octanol–water partition coefficient (Wildman–Crippen LogP) is 6.18. The van der Waals surface area contributed by atoms with Crippen molar-refractivity contribution in [2.24, 2.45) is 11.8 Å². The van der Waals surface area contributed by atoms with Gasteiger partial charge in [-0.15, -0.1) is 0 Å². The van der Waals surface area contributed by atoms with E-state index < -0.39 is 5.60 Å². The molecular formula is C22H27Cl2NO. The van der Waals surface area contributed by atoms with Crippen molar-refractivity contribution in [3.8, 4) is 0 Å². The summed E-state index contributed by atoms with van der Waals surface area (Å²) < 4.78 is 0. The van der Waals surface area contributed by atoms with Crippen molar-refractivity contribution in [1.29, 1.82) is 0 Å². The van der Waals surface area contributed by atoms with Gasteiger partial charge in [-0.3, -0.25) is 0 Å². The van der Waals surface area contributed by atoms with E-state index in [0.29, 0.717) is 0 Å². The summed E-state index contributed by atoms with van der Waals surface area (Å²) in [5.41, 5.74) is 1.53. The van der Waals surface area contributed by atoms with Gasteiger partial charge in [-0.2, -0.15) is 0 Å². The molecule has 2 N–H and O–H groups in total. The summed E-state index contributed by atoms with van der Waals surface area (Å²) in [6.07, 6.45) is 2.00. The van der Waals surface area contributed by atoms with Gasteiger partial charge in [0.1, 0.15) is 0 Å². The molecule has 5 atom stereocenters. The summed E-state index contributed by atoms with van der Waals surface area (Å²) in [4.78, 5) is 0. The van der Waals surface area contributed by atoms with Gasteiger partial charge in [-0.25, -0.2) is 0 Å². The molecule has 0 aliphatic carbocycles. The fraction of sp³-hybridized carbons (Fsp3) is 0.455. The monoisotopic (exact) mass is 391 g/mol. The van der Waals surface area contributed by atoms with Crippen LogP contribution in [-0.4, -0.2) is 10.7 Å². The average molecular weight is 392 g/mol. The number of piperidine rings is 1. The van der Waals surface area contributed by atoms with Crippen LogP contribution in [0.3, 0.4) is 0 Å². The molecule has 2 aromatic carbocycles. The minimum Gasteiger partial charge on any atom is -0.389 e. The highest BCUT2D eigenvalue weighted by Gasteiger charge is 2.49. The Labute approximate surface area is 166 Å². The number of hydrogen-bond acceptors (Lipinski definition) is 2. The van der Waals surface area contributed by atoms with Crippen molar-refractivity contribution in [3.63, 3.8) is 0 Å². The van der Waals surface area contributed by atoms with Crippen LogP contribution in [0.15, 0.2) is 48.5 Å². The first kappa shape index (κ1) is 19.7. The molecule has 0 radical (unpaired) electrons. The van der Waals surface area contributed by atoms with Gasteiger partial charge in [-0.05, 0) is 48.7 Å². The molecule has 1 aliphatic heterocycles. The molecule has 3 rings (SSSR count). The molecule has 1 fully saturated rings. The molecule has 0 aromatic heterocycles. The number of benzene rings is 2. The van der Waals surface area contributed by atoms with E-state index in [1.54, 1.807) is 0 Å². The Hall–Kier alpha value is -1.06. The van der Waals surface area contributed by atoms with Crippen molar-refractivity contribution < 1.29 is 5.11 Å². The molecule has 0 saturated carbocycles. The third-order valence-electron chi connectivity index (χ3n) is 5.99. The second-order valence-corrected chi connectivity index (χ2v) is 8.51. The first-order valence-corrected chi connectivity index (χ1v) is 10.1. The van der Waals surface area contributed by atoms with Crippen LogP contribution in [-0.2, 0) is 0 Å². The van der Waals surface area contributed by atoms with E-state index in [0.717, 1.165) is 28.5 Å². The lowest BCUT2D eigenvalue weighted by atomic mass is 9.65. The van der Waals surface area contributed by atoms with Gasteiger partial charge >= 0.3 is 0 Å². The molecule has 0 bridgehead atoms. The van der Waals surface area contributed by atoms with Crippen LogP contribution in [0.5, 0.6) is 0 Å². The normalized spacial score (nSPS) is 31.8. The standard InChI is InChI=1S/C22H27Cl2NO/c1-4-5-19-21(16-8-12-18(24)13-9-16)25-20(14(2)22(19,3)26)15-6-10-17(23)11-7-15/h6-14,19-21,25-26H,4-5H2,1-3H3/t14-,19-,20-,21+,22+/m0/s1. The van der Waals surface area contributed by atoms with Gasteiger partial charge in [0, 0.05) is 34.0 Å². The third kappa shape index (κ3) is 3.80. The van der Waals surface area contributed by atoms with Gasteiger partial charge < -0.3 is 10.4 Å². The van der Waals surface area contributed by atoms with Crippen molar-refractivity contribution in [2.45, 2.75) is 51.3 Å². The first-order valence-electron chi connectivity index (χ1n) is 9.34. The summed E-state index contributed by atoms with van der Waals surface area (Å²) >= 11 is 12.1. The van der Waals surface area contributed by atoms with Gasteiger partial charge in [0.15, 0.2) is 0 Å². The average Bonchev–Trinajstić information content (AvgIpc) is 2.62. The number of aliphatic hydroxyl groups is 1. The Morgan fingerprint density at radius 3 is 1.85 bits per heavy atom. The largest absolute Gasteiger partial charge is 0.389 e. The molecule has 1 aliphatic rings. The number of rotatable bonds is 4. The molecule has 2 nitrogen and oxygen atoms in total. The molecule has 1 heterocycles. The molecule has 1 saturated heterocycles. The van der Waals surface area contributed by atoms with Crippen LogP contribution in [0.2, 0.25) is 10.0 Å². The number of halogens is 2. The summed E-state index contributed by atoms with van der Waals surface area (Å²) in [5.74, 6) is 0.205. The number of hydrogen-bond donors (Lipinski definition) is 2. The molecular weight excluding hydrogens is 365 g/mol. The van der Waals surface area contributed by atoms with Crippen LogP contribution in [0.4, 0.5) is 0 Å². The van der Waals surface area contributed by atoms with Gasteiger partial charge in [0.05, 0.1) is 5.60 Å². The van der Waals surface area contributed by atoms with Crippen molar-refractivity contribution >= 4 is 23.2 Å². The quantitative estimate of drug-likeness (QED) is 0.651. The zero-order valence-corrected chi connectivity index (χ0v) is 17.1. The van der Waals surface area contributed by atoms with Crippen LogP contribution < -0.4 is 5.32 Å². The molecule has 140 valence electrons. The molecule has 0 amide bonds. The van der Waals surface area contributed by atoms with Crippen LogP contribution >= 0.6 is 23.2 Å². The topological polar surface area (TPSA) is 32.3 Å². The second-order valence-electron chi connectivity index (χ2n) is 7.63. The minimum atomic E-state index is -0.782. The van der Waals surface area contributed by atoms with Gasteiger partial charge in [0.25, 0.3) is 0 Å². The maximum atomic E-state index is 11.5. The fourth-order valence-electron chi connectivity index (χ4n) is 4.29. The summed E-state index contributed by atoms with van der Waals surface area (Å²) in [5, 5.41) is 16.8. The Morgan fingerprint density at radius 2 is 1.38 bits per heavy atom. The van der Waals surface area contributed by atoms with Crippen LogP contribution in [0.1, 0.15) is 56.8 Å². The zero-order valence-electron chi connectivity index (χ0n) is 15.5. The third-order valence-corrected chi connectivity index (χ3v) is 6.50. The smallest absolute Gasteiger partial charge is 0.0709 e. The lowest BCUT2D eigenvalue weighted by Crippen LogP contribution is -2.56. The summed E-state index contributed by atoms with van der Waals surface area (Å²) in [6, 6.07) is 16.0. The highest BCUT2D eigenvalue weighted by Crippen LogP contribution is 2.48. The lowest BCUT2D eigenvalue weighted by Gasteiger charge is -2.52. The summed E-state index contributed by atoms with van der Waals surface area (Å²) in [6.45, 7) is 6.29. The van der Waals surface area contributed by atoms with E-state index in [9.17, 15) is 5.11 Å². The maximum Gasteiger partial charge on any atom is 0.0709 e.